The Balaban J connectivity index is 1.70. The maximum Gasteiger partial charge on any atom is 0.344 e. The molecule has 0 aliphatic carbocycles. The molecule has 0 unspecified atom stereocenters. The van der Waals surface area contributed by atoms with Crippen LogP contribution in [-0.2, 0) is 4.79 Å². The summed E-state index contributed by atoms with van der Waals surface area (Å²) in [6, 6.07) is 16.4. The van der Waals surface area contributed by atoms with Crippen LogP contribution in [0.4, 0.5) is 0 Å². The molecule has 0 heterocycles. The molecule has 0 atom stereocenters. The lowest BCUT2D eigenvalue weighted by Gasteiger charge is -2.12. The van der Waals surface area contributed by atoms with E-state index >= 15 is 0 Å². The number of halogens is 3. The Morgan fingerprint density at radius 3 is 2.42 bits per heavy atom. The third-order valence-corrected chi connectivity index (χ3v) is 6.46. The topological polar surface area (TPSA) is 77.0 Å². The molecule has 0 fully saturated rings. The van der Waals surface area contributed by atoms with E-state index in [9.17, 15) is 9.59 Å². The molecule has 3 aromatic rings. The van der Waals surface area contributed by atoms with Crippen LogP contribution in [0.1, 0.15) is 27.0 Å². The normalized spacial score (nSPS) is 10.8. The van der Waals surface area contributed by atoms with Crippen molar-refractivity contribution in [2.75, 3.05) is 6.61 Å². The van der Waals surface area contributed by atoms with Crippen molar-refractivity contribution in [3.8, 4) is 11.5 Å². The monoisotopic (exact) mass is 684 g/mol. The van der Waals surface area contributed by atoms with Gasteiger partial charge in [0.25, 0.3) is 5.91 Å². The van der Waals surface area contributed by atoms with E-state index in [4.69, 9.17) is 9.47 Å². The Bertz CT molecular complexity index is 1210. The van der Waals surface area contributed by atoms with E-state index in [0.29, 0.717) is 21.3 Å². The van der Waals surface area contributed by atoms with Crippen LogP contribution in [0.2, 0.25) is 0 Å². The first kappa shape index (κ1) is 25.4. The minimum Gasteiger partial charge on any atom is -0.483 e. The molecule has 0 spiro atoms. The van der Waals surface area contributed by atoms with Crippen molar-refractivity contribution in [3.05, 3.63) is 89.4 Å². The highest BCUT2D eigenvalue weighted by Gasteiger charge is 2.17. The number of hydrogen-bond acceptors (Lipinski definition) is 5. The second-order valence-corrected chi connectivity index (χ2v) is 9.91. The van der Waals surface area contributed by atoms with E-state index in [1.807, 2.05) is 44.2 Å². The van der Waals surface area contributed by atoms with Crippen LogP contribution in [0, 0.1) is 17.4 Å². The van der Waals surface area contributed by atoms with E-state index in [0.717, 1.165) is 19.2 Å². The number of aryl methyl sites for hydroxylation is 2. The van der Waals surface area contributed by atoms with Gasteiger partial charge in [0, 0.05) is 13.6 Å². The van der Waals surface area contributed by atoms with Crippen LogP contribution in [0.15, 0.2) is 68.6 Å². The number of benzene rings is 3. The number of carbonyl (C=O) groups excluding carboxylic acids is 2. The molecule has 9 heteroatoms. The first-order valence-electron chi connectivity index (χ1n) is 9.73. The Kier molecular flexibility index (Phi) is 9.04. The average Bonchev–Trinajstić information content (AvgIpc) is 2.76. The number of hydrazone groups is 1. The number of amides is 1. The van der Waals surface area contributed by atoms with Crippen LogP contribution < -0.4 is 14.9 Å². The summed E-state index contributed by atoms with van der Waals surface area (Å²) in [6.45, 7) is 3.66. The van der Waals surface area contributed by atoms with E-state index in [2.05, 4.69) is 65.0 Å². The van der Waals surface area contributed by atoms with Crippen molar-refractivity contribution >= 4 is 72.5 Å². The van der Waals surface area contributed by atoms with E-state index in [1.54, 1.807) is 24.3 Å². The number of nitrogens with zero attached hydrogens (tertiary/aromatic N) is 1. The average molecular weight is 686 g/mol. The predicted molar refractivity (Wildman–Crippen MR) is 143 cm³/mol. The Labute approximate surface area is 222 Å². The minimum absolute atomic E-state index is 0.181. The fourth-order valence-electron chi connectivity index (χ4n) is 2.93. The van der Waals surface area contributed by atoms with Crippen LogP contribution in [0.5, 0.6) is 11.5 Å². The largest absolute Gasteiger partial charge is 0.483 e. The van der Waals surface area contributed by atoms with Crippen molar-refractivity contribution in [1.29, 1.82) is 0 Å². The number of esters is 1. The zero-order valence-electron chi connectivity index (χ0n) is 17.7. The number of rotatable bonds is 7. The molecular weight excluding hydrogens is 667 g/mol. The van der Waals surface area contributed by atoms with E-state index in [-0.39, 0.29) is 12.4 Å². The molecule has 1 N–H and O–H groups in total. The van der Waals surface area contributed by atoms with E-state index in [1.165, 1.54) is 6.21 Å². The van der Waals surface area contributed by atoms with Gasteiger partial charge in [0.05, 0.1) is 16.3 Å². The van der Waals surface area contributed by atoms with Crippen molar-refractivity contribution in [2.24, 2.45) is 5.10 Å². The molecule has 170 valence electrons. The van der Waals surface area contributed by atoms with Gasteiger partial charge in [-0.15, -0.1) is 0 Å². The lowest BCUT2D eigenvalue weighted by atomic mass is 10.1. The first-order chi connectivity index (χ1) is 15.8. The fourth-order valence-corrected chi connectivity index (χ4v) is 4.88. The van der Waals surface area contributed by atoms with Gasteiger partial charge in [-0.1, -0.05) is 46.3 Å². The van der Waals surface area contributed by atoms with Gasteiger partial charge in [0.1, 0.15) is 5.75 Å². The molecule has 1 amide bonds. The van der Waals surface area contributed by atoms with Crippen molar-refractivity contribution < 1.29 is 19.1 Å². The van der Waals surface area contributed by atoms with Gasteiger partial charge in [-0.25, -0.2) is 10.2 Å². The second-order valence-electron chi connectivity index (χ2n) is 6.98. The molecule has 6 nitrogen and oxygen atoms in total. The van der Waals surface area contributed by atoms with E-state index < -0.39 is 11.9 Å². The SMILES string of the molecule is Cc1cccc(C)c1OCC(=O)N/N=C/c1cc(Br)cc(Br)c1OC(=O)c1ccccc1I. The number of para-hydroxylation sites is 1. The summed E-state index contributed by atoms with van der Waals surface area (Å²) < 4.78 is 13.4. The first-order valence-corrected chi connectivity index (χ1v) is 12.4. The second kappa shape index (κ2) is 11.8. The highest BCUT2D eigenvalue weighted by atomic mass is 127. The zero-order valence-corrected chi connectivity index (χ0v) is 23.0. The summed E-state index contributed by atoms with van der Waals surface area (Å²) >= 11 is 8.92. The smallest absolute Gasteiger partial charge is 0.344 e. The summed E-state index contributed by atoms with van der Waals surface area (Å²) in [5.74, 6) is 0.0500. The summed E-state index contributed by atoms with van der Waals surface area (Å²) in [5.41, 5.74) is 5.28. The molecule has 0 saturated carbocycles. The summed E-state index contributed by atoms with van der Waals surface area (Å²) in [6.07, 6.45) is 1.41. The lowest BCUT2D eigenvalue weighted by Crippen LogP contribution is -2.25. The lowest BCUT2D eigenvalue weighted by molar-refractivity contribution is -0.123. The van der Waals surface area contributed by atoms with Crippen molar-refractivity contribution in [1.82, 2.24) is 5.43 Å². The summed E-state index contributed by atoms with van der Waals surface area (Å²) in [4.78, 5) is 24.9. The molecular formula is C24H19Br2IN2O4. The molecule has 0 radical (unpaired) electrons. The predicted octanol–water partition coefficient (Wildman–Crippen LogP) is 6.18. The standard InChI is InChI=1S/C24H19Br2IN2O4/c1-14-6-5-7-15(2)22(14)32-13-21(30)29-28-12-16-10-17(25)11-19(26)23(16)33-24(31)18-8-3-4-9-20(18)27/h3-12H,13H2,1-2H3,(H,29,30)/b28-12+. The van der Waals surface area contributed by atoms with Crippen LogP contribution in [0.25, 0.3) is 0 Å². The fraction of sp³-hybridized carbons (Fsp3) is 0.125. The maximum atomic E-state index is 12.7. The Morgan fingerprint density at radius 2 is 1.73 bits per heavy atom. The van der Waals surface area contributed by atoms with Gasteiger partial charge in [0.15, 0.2) is 12.4 Å². The van der Waals surface area contributed by atoms with Crippen molar-refractivity contribution in [3.63, 3.8) is 0 Å². The van der Waals surface area contributed by atoms with Crippen LogP contribution in [-0.4, -0.2) is 24.7 Å². The molecule has 0 bridgehead atoms. The van der Waals surface area contributed by atoms with Gasteiger partial charge in [-0.3, -0.25) is 4.79 Å². The molecule has 0 aliphatic rings. The maximum absolute atomic E-state index is 12.7. The van der Waals surface area contributed by atoms with Crippen molar-refractivity contribution in [2.45, 2.75) is 13.8 Å². The molecule has 0 saturated heterocycles. The highest BCUT2D eigenvalue weighted by molar-refractivity contribution is 14.1. The molecule has 3 rings (SSSR count). The molecule has 0 aromatic heterocycles. The molecule has 0 aliphatic heterocycles. The number of ether oxygens (including phenoxy) is 2. The summed E-state index contributed by atoms with van der Waals surface area (Å²) in [7, 11) is 0. The Morgan fingerprint density at radius 1 is 1.03 bits per heavy atom. The summed E-state index contributed by atoms with van der Waals surface area (Å²) in [5, 5.41) is 4.00. The number of hydrogen-bond donors (Lipinski definition) is 1. The van der Waals surface area contributed by atoms with Gasteiger partial charge in [-0.2, -0.15) is 5.10 Å². The van der Waals surface area contributed by atoms with Gasteiger partial charge in [-0.05, 0) is 87.8 Å². The molecule has 3 aromatic carbocycles. The van der Waals surface area contributed by atoms with Gasteiger partial charge < -0.3 is 9.47 Å². The van der Waals surface area contributed by atoms with Crippen LogP contribution in [0.3, 0.4) is 0 Å². The number of nitrogens with one attached hydrogen (secondary N) is 1. The van der Waals surface area contributed by atoms with Gasteiger partial charge >= 0.3 is 5.97 Å². The number of carbonyl (C=O) groups is 2. The third-order valence-electron chi connectivity index (χ3n) is 4.47. The minimum atomic E-state index is -0.497. The third kappa shape index (κ3) is 6.87. The zero-order chi connectivity index (χ0) is 24.0. The quantitative estimate of drug-likeness (QED) is 0.106. The van der Waals surface area contributed by atoms with Gasteiger partial charge in [0.2, 0.25) is 0 Å². The van der Waals surface area contributed by atoms with Crippen LogP contribution >= 0.6 is 54.5 Å². The highest BCUT2D eigenvalue weighted by Crippen LogP contribution is 2.33. The Hall–Kier alpha value is -2.24. The molecule has 33 heavy (non-hydrogen) atoms.